The number of carbonyl (C=O) groups excluding carboxylic acids is 1. The molecule has 5 aromatic carbocycles. The van der Waals surface area contributed by atoms with Gasteiger partial charge in [0.1, 0.15) is 12.4 Å². The summed E-state index contributed by atoms with van der Waals surface area (Å²) < 4.78 is 6.07. The van der Waals surface area contributed by atoms with Crippen LogP contribution in [-0.4, -0.2) is 22.2 Å². The Labute approximate surface area is 230 Å². The molecule has 0 aliphatic rings. The number of non-ortho nitro benzene ring substituents is 1. The molecule has 2 N–H and O–H groups in total. The monoisotopic (exact) mass is 531 g/mol. The summed E-state index contributed by atoms with van der Waals surface area (Å²) in [6, 6.07) is 34.9. The topological polar surface area (TPSA) is 114 Å². The molecule has 0 saturated heterocycles. The molecule has 0 unspecified atom stereocenters. The maximum Gasteiger partial charge on any atom is 0.281 e. The minimum Gasteiger partial charge on any atom is -0.488 e. The number of nitro benzene ring substituents is 1. The molecule has 0 radical (unpaired) electrons. The van der Waals surface area contributed by atoms with Crippen LogP contribution in [0.4, 0.5) is 5.69 Å². The van der Waals surface area contributed by atoms with Crippen LogP contribution in [0.2, 0.25) is 0 Å². The van der Waals surface area contributed by atoms with Gasteiger partial charge in [-0.1, -0.05) is 91.0 Å². The normalized spacial score (nSPS) is 11.4. The van der Waals surface area contributed by atoms with Crippen LogP contribution in [0.5, 0.6) is 5.75 Å². The van der Waals surface area contributed by atoms with Gasteiger partial charge in [-0.2, -0.15) is 5.10 Å². The fourth-order valence-electron chi connectivity index (χ4n) is 4.43. The third kappa shape index (κ3) is 5.43. The highest BCUT2D eigenvalue weighted by atomic mass is 16.6. The van der Waals surface area contributed by atoms with Crippen LogP contribution in [0, 0.1) is 10.1 Å². The van der Waals surface area contributed by atoms with Crippen LogP contribution < -0.4 is 10.2 Å². The zero-order valence-electron chi connectivity index (χ0n) is 21.3. The molecule has 0 atom stereocenters. The highest BCUT2D eigenvalue weighted by Crippen LogP contribution is 2.30. The van der Waals surface area contributed by atoms with Crippen molar-refractivity contribution in [2.45, 2.75) is 12.2 Å². The third-order valence-corrected chi connectivity index (χ3v) is 6.54. The maximum atomic E-state index is 13.4. The van der Waals surface area contributed by atoms with Crippen molar-refractivity contribution in [3.8, 4) is 5.75 Å². The Morgan fingerprint density at radius 2 is 1.45 bits per heavy atom. The molecular formula is C32H25N3O5. The number of amides is 1. The van der Waals surface area contributed by atoms with Crippen LogP contribution in [-0.2, 0) is 17.0 Å². The van der Waals surface area contributed by atoms with Crippen molar-refractivity contribution in [3.63, 3.8) is 0 Å². The lowest BCUT2D eigenvalue weighted by atomic mass is 9.85. The molecule has 0 heterocycles. The van der Waals surface area contributed by atoms with E-state index >= 15 is 0 Å². The molecule has 8 heteroatoms. The highest BCUT2D eigenvalue weighted by molar-refractivity contribution is 6.03. The van der Waals surface area contributed by atoms with E-state index in [0.717, 1.165) is 16.3 Å². The van der Waals surface area contributed by atoms with Crippen molar-refractivity contribution in [1.29, 1.82) is 0 Å². The quantitative estimate of drug-likeness (QED) is 0.144. The summed E-state index contributed by atoms with van der Waals surface area (Å²) >= 11 is 0. The zero-order chi connectivity index (χ0) is 28.0. The second-order valence-corrected chi connectivity index (χ2v) is 9.05. The number of benzene rings is 5. The minimum atomic E-state index is -1.96. The SMILES string of the molecule is O=C(N/N=C\c1c(OCc2ccc([N+](=O)[O-])cc2)ccc2ccccc12)C(O)(c1ccccc1)c1ccccc1. The number of hydrogen-bond acceptors (Lipinski definition) is 6. The van der Waals surface area contributed by atoms with Crippen LogP contribution in [0.25, 0.3) is 10.8 Å². The molecule has 1 amide bonds. The molecule has 0 aromatic heterocycles. The molecule has 40 heavy (non-hydrogen) atoms. The summed E-state index contributed by atoms with van der Waals surface area (Å²) in [5.74, 6) is -0.203. The molecule has 198 valence electrons. The summed E-state index contributed by atoms with van der Waals surface area (Å²) in [4.78, 5) is 23.9. The van der Waals surface area contributed by atoms with Crippen molar-refractivity contribution >= 4 is 28.6 Å². The van der Waals surface area contributed by atoms with Crippen LogP contribution >= 0.6 is 0 Å². The number of ether oxygens (including phenoxy) is 1. The fourth-order valence-corrected chi connectivity index (χ4v) is 4.43. The van der Waals surface area contributed by atoms with Crippen LogP contribution in [0.15, 0.2) is 126 Å². The number of nitro groups is 1. The first-order valence-corrected chi connectivity index (χ1v) is 12.5. The van der Waals surface area contributed by atoms with Gasteiger partial charge in [0.15, 0.2) is 5.60 Å². The lowest BCUT2D eigenvalue weighted by molar-refractivity contribution is -0.384. The summed E-state index contributed by atoms with van der Waals surface area (Å²) in [6.07, 6.45) is 1.49. The summed E-state index contributed by atoms with van der Waals surface area (Å²) in [5.41, 5.74) is 2.75. The summed E-state index contributed by atoms with van der Waals surface area (Å²) in [7, 11) is 0. The molecule has 0 aliphatic carbocycles. The Morgan fingerprint density at radius 3 is 2.08 bits per heavy atom. The van der Waals surface area contributed by atoms with Crippen molar-refractivity contribution in [2.75, 3.05) is 0 Å². The Kier molecular flexibility index (Phi) is 7.61. The third-order valence-electron chi connectivity index (χ3n) is 6.54. The van der Waals surface area contributed by atoms with E-state index in [1.165, 1.54) is 18.3 Å². The van der Waals surface area contributed by atoms with Gasteiger partial charge in [0.05, 0.1) is 11.1 Å². The zero-order valence-corrected chi connectivity index (χ0v) is 21.3. The Hall–Kier alpha value is -5.34. The molecule has 0 bridgehead atoms. The number of carbonyl (C=O) groups is 1. The molecule has 0 saturated carbocycles. The van der Waals surface area contributed by atoms with Crippen molar-refractivity contribution in [2.24, 2.45) is 5.10 Å². The van der Waals surface area contributed by atoms with Gasteiger partial charge < -0.3 is 9.84 Å². The molecule has 5 rings (SSSR count). The first-order valence-electron chi connectivity index (χ1n) is 12.5. The smallest absolute Gasteiger partial charge is 0.281 e. The second kappa shape index (κ2) is 11.6. The van der Waals surface area contributed by atoms with E-state index in [1.807, 2.05) is 42.5 Å². The predicted octanol–water partition coefficient (Wildman–Crippen LogP) is 5.71. The average Bonchev–Trinajstić information content (AvgIpc) is 3.01. The van der Waals surface area contributed by atoms with E-state index in [2.05, 4.69) is 10.5 Å². The highest BCUT2D eigenvalue weighted by Gasteiger charge is 2.39. The fraction of sp³-hybridized carbons (Fsp3) is 0.0625. The van der Waals surface area contributed by atoms with E-state index in [4.69, 9.17) is 4.74 Å². The van der Waals surface area contributed by atoms with E-state index < -0.39 is 16.4 Å². The molecule has 5 aromatic rings. The van der Waals surface area contributed by atoms with Gasteiger partial charge in [0, 0.05) is 17.7 Å². The van der Waals surface area contributed by atoms with E-state index in [1.54, 1.807) is 66.7 Å². The number of aliphatic hydroxyl groups is 1. The van der Waals surface area contributed by atoms with Gasteiger partial charge >= 0.3 is 0 Å². The first kappa shape index (κ1) is 26.3. The van der Waals surface area contributed by atoms with Crippen molar-refractivity contribution < 1.29 is 19.6 Å². The van der Waals surface area contributed by atoms with Gasteiger partial charge in [0.25, 0.3) is 11.6 Å². The number of hydrogen-bond donors (Lipinski definition) is 2. The number of nitrogens with zero attached hydrogens (tertiary/aromatic N) is 2. The summed E-state index contributed by atoms with van der Waals surface area (Å²) in [6.45, 7) is 0.172. The average molecular weight is 532 g/mol. The number of rotatable bonds is 9. The number of nitrogens with one attached hydrogen (secondary N) is 1. The number of hydrazone groups is 1. The van der Waals surface area contributed by atoms with Gasteiger partial charge in [-0.05, 0) is 45.7 Å². The summed E-state index contributed by atoms with van der Waals surface area (Å²) in [5, 5.41) is 28.6. The van der Waals surface area contributed by atoms with E-state index in [0.29, 0.717) is 22.4 Å². The Balaban J connectivity index is 1.43. The lowest BCUT2D eigenvalue weighted by Gasteiger charge is -2.27. The molecule has 0 aliphatic heterocycles. The minimum absolute atomic E-state index is 0.00369. The van der Waals surface area contributed by atoms with Crippen LogP contribution in [0.3, 0.4) is 0 Å². The molecular weight excluding hydrogens is 506 g/mol. The molecule has 0 fully saturated rings. The standard InChI is InChI=1S/C32H25N3O5/c36-31(32(37,25-10-3-1-4-11-25)26-12-5-2-6-13-26)34-33-21-29-28-14-8-7-9-24(28)17-20-30(29)40-22-23-15-18-27(19-16-23)35(38)39/h1-21,37H,22H2,(H,34,36)/b33-21-. The largest absolute Gasteiger partial charge is 0.488 e. The van der Waals surface area contributed by atoms with E-state index in [-0.39, 0.29) is 12.3 Å². The predicted molar refractivity (Wildman–Crippen MR) is 153 cm³/mol. The Bertz CT molecular complexity index is 1630. The molecule has 8 nitrogen and oxygen atoms in total. The van der Waals surface area contributed by atoms with Gasteiger partial charge in [0.2, 0.25) is 0 Å². The maximum absolute atomic E-state index is 13.4. The molecule has 0 spiro atoms. The number of fused-ring (bicyclic) bond motifs is 1. The van der Waals surface area contributed by atoms with Gasteiger partial charge in [-0.15, -0.1) is 0 Å². The van der Waals surface area contributed by atoms with Crippen molar-refractivity contribution in [1.82, 2.24) is 5.43 Å². The lowest BCUT2D eigenvalue weighted by Crippen LogP contribution is -2.43. The van der Waals surface area contributed by atoms with Gasteiger partial charge in [-0.25, -0.2) is 5.43 Å². The Morgan fingerprint density at radius 1 is 0.850 bits per heavy atom. The first-order chi connectivity index (χ1) is 19.5. The van der Waals surface area contributed by atoms with Crippen molar-refractivity contribution in [3.05, 3.63) is 154 Å². The van der Waals surface area contributed by atoms with Gasteiger partial charge in [-0.3, -0.25) is 14.9 Å². The van der Waals surface area contributed by atoms with Crippen LogP contribution in [0.1, 0.15) is 22.3 Å². The van der Waals surface area contributed by atoms with E-state index in [9.17, 15) is 20.0 Å². The second-order valence-electron chi connectivity index (χ2n) is 9.05.